The Balaban J connectivity index is 2.18. The van der Waals surface area contributed by atoms with Crippen molar-refractivity contribution in [3.8, 4) is 0 Å². The molecule has 0 saturated carbocycles. The first kappa shape index (κ1) is 11.2. The summed E-state index contributed by atoms with van der Waals surface area (Å²) in [7, 11) is 1.81. The highest BCUT2D eigenvalue weighted by atomic mass is 32.1. The molecule has 0 spiro atoms. The van der Waals surface area contributed by atoms with Gasteiger partial charge in [0, 0.05) is 20.1 Å². The highest BCUT2D eigenvalue weighted by molar-refractivity contribution is 7.07. The van der Waals surface area contributed by atoms with Gasteiger partial charge in [-0.05, 0) is 29.3 Å². The topological polar surface area (TPSA) is 32.3 Å². The van der Waals surface area contributed by atoms with E-state index < -0.39 is 0 Å². The second-order valence-electron chi connectivity index (χ2n) is 3.14. The number of nitrogens with one attached hydrogen (secondary N) is 1. The van der Waals surface area contributed by atoms with Gasteiger partial charge in [0.15, 0.2) is 0 Å². The van der Waals surface area contributed by atoms with E-state index in [-0.39, 0.29) is 5.91 Å². The second kappa shape index (κ2) is 5.78. The Kier molecular flexibility index (Phi) is 4.62. The molecule has 3 nitrogen and oxygen atoms in total. The Morgan fingerprint density at radius 2 is 2.43 bits per heavy atom. The van der Waals surface area contributed by atoms with Gasteiger partial charge in [-0.15, -0.1) is 0 Å². The van der Waals surface area contributed by atoms with Gasteiger partial charge < -0.3 is 10.2 Å². The SMILES string of the molecule is CCN(C)C(=O)CNCc1ccsc1. The van der Waals surface area contributed by atoms with Gasteiger partial charge in [-0.25, -0.2) is 0 Å². The molecule has 0 aliphatic heterocycles. The van der Waals surface area contributed by atoms with Crippen molar-refractivity contribution in [3.05, 3.63) is 22.4 Å². The lowest BCUT2D eigenvalue weighted by Gasteiger charge is -2.14. The fraction of sp³-hybridized carbons (Fsp3) is 0.500. The predicted octanol–water partition coefficient (Wildman–Crippen LogP) is 1.32. The molecule has 0 fully saturated rings. The largest absolute Gasteiger partial charge is 0.345 e. The number of nitrogens with zero attached hydrogens (tertiary/aromatic N) is 1. The van der Waals surface area contributed by atoms with Crippen LogP contribution < -0.4 is 5.32 Å². The lowest BCUT2D eigenvalue weighted by atomic mass is 10.3. The van der Waals surface area contributed by atoms with Crippen molar-refractivity contribution < 1.29 is 4.79 Å². The molecule has 1 aromatic rings. The monoisotopic (exact) mass is 212 g/mol. The van der Waals surface area contributed by atoms with Crippen molar-refractivity contribution in [1.29, 1.82) is 0 Å². The average Bonchev–Trinajstić information content (AvgIpc) is 2.69. The van der Waals surface area contributed by atoms with Crippen LogP contribution in [0.15, 0.2) is 16.8 Å². The first-order chi connectivity index (χ1) is 6.74. The highest BCUT2D eigenvalue weighted by Gasteiger charge is 2.04. The molecule has 1 rings (SSSR count). The zero-order valence-corrected chi connectivity index (χ0v) is 9.43. The standard InChI is InChI=1S/C10H16N2OS/c1-3-12(2)10(13)7-11-6-9-4-5-14-8-9/h4-5,8,11H,3,6-7H2,1-2H3. The van der Waals surface area contributed by atoms with Crippen molar-refractivity contribution in [2.75, 3.05) is 20.1 Å². The fourth-order valence-electron chi connectivity index (χ4n) is 1.02. The molecular formula is C10H16N2OS. The molecule has 14 heavy (non-hydrogen) atoms. The Morgan fingerprint density at radius 3 is 3.00 bits per heavy atom. The summed E-state index contributed by atoms with van der Waals surface area (Å²) in [6.45, 7) is 3.92. The summed E-state index contributed by atoms with van der Waals surface area (Å²) >= 11 is 1.67. The number of likely N-dealkylation sites (N-methyl/N-ethyl adjacent to an activating group) is 1. The van der Waals surface area contributed by atoms with Crippen LogP contribution in [0, 0.1) is 0 Å². The first-order valence-corrected chi connectivity index (χ1v) is 5.64. The molecule has 0 aromatic carbocycles. The number of rotatable bonds is 5. The summed E-state index contributed by atoms with van der Waals surface area (Å²) < 4.78 is 0. The van der Waals surface area contributed by atoms with E-state index >= 15 is 0 Å². The van der Waals surface area contributed by atoms with Crippen LogP contribution >= 0.6 is 11.3 Å². The molecule has 1 amide bonds. The lowest BCUT2D eigenvalue weighted by molar-refractivity contribution is -0.128. The summed E-state index contributed by atoms with van der Waals surface area (Å²) in [5.74, 6) is 0.141. The molecule has 1 heterocycles. The highest BCUT2D eigenvalue weighted by Crippen LogP contribution is 2.04. The van der Waals surface area contributed by atoms with E-state index in [2.05, 4.69) is 16.8 Å². The molecule has 0 saturated heterocycles. The van der Waals surface area contributed by atoms with Crippen LogP contribution in [0.4, 0.5) is 0 Å². The Hall–Kier alpha value is -0.870. The lowest BCUT2D eigenvalue weighted by Crippen LogP contribution is -2.35. The Labute approximate surface area is 88.7 Å². The molecule has 0 atom stereocenters. The minimum absolute atomic E-state index is 0.141. The van der Waals surface area contributed by atoms with Crippen LogP contribution in [-0.2, 0) is 11.3 Å². The van der Waals surface area contributed by atoms with Gasteiger partial charge in [-0.2, -0.15) is 11.3 Å². The van der Waals surface area contributed by atoms with E-state index in [0.29, 0.717) is 6.54 Å². The quantitative estimate of drug-likeness (QED) is 0.798. The fourth-order valence-corrected chi connectivity index (χ4v) is 1.69. The zero-order valence-electron chi connectivity index (χ0n) is 8.62. The number of carbonyl (C=O) groups is 1. The molecule has 78 valence electrons. The number of amides is 1. The van der Waals surface area contributed by atoms with E-state index in [1.54, 1.807) is 16.2 Å². The van der Waals surface area contributed by atoms with E-state index in [9.17, 15) is 4.79 Å². The molecule has 1 N–H and O–H groups in total. The number of hydrogen-bond acceptors (Lipinski definition) is 3. The summed E-state index contributed by atoms with van der Waals surface area (Å²) in [5, 5.41) is 7.24. The van der Waals surface area contributed by atoms with Crippen LogP contribution in [0.3, 0.4) is 0 Å². The first-order valence-electron chi connectivity index (χ1n) is 4.69. The van der Waals surface area contributed by atoms with Gasteiger partial charge in [0.05, 0.1) is 6.54 Å². The van der Waals surface area contributed by atoms with E-state index in [0.717, 1.165) is 13.1 Å². The predicted molar refractivity (Wildman–Crippen MR) is 59.3 cm³/mol. The number of carbonyl (C=O) groups excluding carboxylic acids is 1. The van der Waals surface area contributed by atoms with Gasteiger partial charge in [-0.1, -0.05) is 0 Å². The van der Waals surface area contributed by atoms with Crippen LogP contribution in [0.2, 0.25) is 0 Å². The summed E-state index contributed by atoms with van der Waals surface area (Å²) in [6.07, 6.45) is 0. The van der Waals surface area contributed by atoms with Crippen molar-refractivity contribution in [1.82, 2.24) is 10.2 Å². The van der Waals surface area contributed by atoms with E-state index in [1.165, 1.54) is 5.56 Å². The normalized spacial score (nSPS) is 10.1. The summed E-state index contributed by atoms with van der Waals surface area (Å²) in [6, 6.07) is 2.06. The number of thiophene rings is 1. The van der Waals surface area contributed by atoms with Crippen LogP contribution in [0.25, 0.3) is 0 Å². The van der Waals surface area contributed by atoms with E-state index in [1.807, 2.05) is 19.4 Å². The molecule has 0 aliphatic carbocycles. The van der Waals surface area contributed by atoms with E-state index in [4.69, 9.17) is 0 Å². The smallest absolute Gasteiger partial charge is 0.236 e. The van der Waals surface area contributed by atoms with Crippen molar-refractivity contribution in [3.63, 3.8) is 0 Å². The Bertz CT molecular complexity index is 272. The van der Waals surface area contributed by atoms with Gasteiger partial charge in [0.2, 0.25) is 5.91 Å². The average molecular weight is 212 g/mol. The molecule has 0 unspecified atom stereocenters. The maximum absolute atomic E-state index is 11.4. The third kappa shape index (κ3) is 3.47. The molecule has 4 heteroatoms. The zero-order chi connectivity index (χ0) is 10.4. The van der Waals surface area contributed by atoms with Gasteiger partial charge in [0.25, 0.3) is 0 Å². The third-order valence-corrected chi connectivity index (χ3v) is 2.82. The van der Waals surface area contributed by atoms with Crippen LogP contribution in [-0.4, -0.2) is 30.9 Å². The molecule has 0 bridgehead atoms. The minimum atomic E-state index is 0.141. The summed E-state index contributed by atoms with van der Waals surface area (Å²) in [5.41, 5.74) is 1.24. The van der Waals surface area contributed by atoms with Gasteiger partial charge in [0.1, 0.15) is 0 Å². The Morgan fingerprint density at radius 1 is 1.64 bits per heavy atom. The van der Waals surface area contributed by atoms with Crippen LogP contribution in [0.5, 0.6) is 0 Å². The number of hydrogen-bond donors (Lipinski definition) is 1. The minimum Gasteiger partial charge on any atom is -0.345 e. The van der Waals surface area contributed by atoms with Gasteiger partial charge >= 0.3 is 0 Å². The second-order valence-corrected chi connectivity index (χ2v) is 3.92. The molecule has 0 aliphatic rings. The summed E-state index contributed by atoms with van der Waals surface area (Å²) in [4.78, 5) is 13.1. The van der Waals surface area contributed by atoms with Crippen molar-refractivity contribution in [2.24, 2.45) is 0 Å². The molecule has 1 aromatic heterocycles. The van der Waals surface area contributed by atoms with Crippen molar-refractivity contribution >= 4 is 17.2 Å². The maximum atomic E-state index is 11.4. The third-order valence-electron chi connectivity index (χ3n) is 2.09. The maximum Gasteiger partial charge on any atom is 0.236 e. The molecular weight excluding hydrogens is 196 g/mol. The van der Waals surface area contributed by atoms with Crippen molar-refractivity contribution in [2.45, 2.75) is 13.5 Å². The van der Waals surface area contributed by atoms with Gasteiger partial charge in [-0.3, -0.25) is 4.79 Å². The molecule has 0 radical (unpaired) electrons. The van der Waals surface area contributed by atoms with Crippen LogP contribution in [0.1, 0.15) is 12.5 Å².